The number of hydrogen-bond acceptors (Lipinski definition) is 4. The third-order valence-electron chi connectivity index (χ3n) is 7.50. The Kier molecular flexibility index (Phi) is 7.10. The maximum atomic E-state index is 8.92. The molecule has 39 heavy (non-hydrogen) atoms. The van der Waals surface area contributed by atoms with Gasteiger partial charge in [-0.15, -0.1) is 0 Å². The molecule has 0 radical (unpaired) electrons. The Balaban J connectivity index is 0.000000263. The number of fused-ring (bicyclic) bond motifs is 3. The average molecular weight is 515 g/mol. The molecule has 0 aromatic heterocycles. The van der Waals surface area contributed by atoms with Crippen LogP contribution in [-0.2, 0) is 4.74 Å². The Bertz CT molecular complexity index is 1750. The molecule has 7 rings (SSSR count). The Morgan fingerprint density at radius 3 is 1.62 bits per heavy atom. The lowest BCUT2D eigenvalue weighted by molar-refractivity contribution is -0.00588. The van der Waals surface area contributed by atoms with E-state index in [0.29, 0.717) is 0 Å². The van der Waals surface area contributed by atoms with Crippen molar-refractivity contribution in [2.45, 2.75) is 18.3 Å². The summed E-state index contributed by atoms with van der Waals surface area (Å²) in [5.41, 5.74) is 5.15. The van der Waals surface area contributed by atoms with E-state index in [9.17, 15) is 0 Å². The van der Waals surface area contributed by atoms with Crippen molar-refractivity contribution in [2.75, 3.05) is 13.2 Å². The first kappa shape index (κ1) is 25.2. The predicted octanol–water partition coefficient (Wildman–Crippen LogP) is 6.58. The van der Waals surface area contributed by atoms with Gasteiger partial charge in [0.05, 0.1) is 13.2 Å². The van der Waals surface area contributed by atoms with Gasteiger partial charge in [0.2, 0.25) is 0 Å². The molecule has 0 unspecified atom stereocenters. The van der Waals surface area contributed by atoms with E-state index in [2.05, 4.69) is 121 Å². The molecule has 0 saturated carbocycles. The maximum absolute atomic E-state index is 8.92. The van der Waals surface area contributed by atoms with E-state index in [-0.39, 0.29) is 13.2 Å². The third kappa shape index (κ3) is 4.80. The molecule has 3 atom stereocenters. The van der Waals surface area contributed by atoms with Crippen LogP contribution in [0.5, 0.6) is 0 Å². The normalized spacial score (nSPS) is 18.8. The third-order valence-corrected chi connectivity index (χ3v) is 7.50. The van der Waals surface area contributed by atoms with Crippen LogP contribution in [0.2, 0.25) is 0 Å². The van der Waals surface area contributed by atoms with Crippen LogP contribution in [0.1, 0.15) is 0 Å². The van der Waals surface area contributed by atoms with Gasteiger partial charge in [-0.05, 0) is 54.6 Å². The highest BCUT2D eigenvalue weighted by Gasteiger charge is 2.33. The van der Waals surface area contributed by atoms with Gasteiger partial charge in [0.25, 0.3) is 0 Å². The Hall–Kier alpha value is -4.06. The lowest BCUT2D eigenvalue weighted by Crippen LogP contribution is -2.31. The Morgan fingerprint density at radius 1 is 0.538 bits per heavy atom. The molecule has 4 heteroatoms. The number of rotatable bonds is 3. The highest BCUT2D eigenvalue weighted by atomic mass is 16.5. The number of aliphatic hydroxyl groups excluding tert-OH is 3. The molecule has 1 aliphatic rings. The first-order valence-electron chi connectivity index (χ1n) is 13.2. The molecular formula is C35H30O4. The van der Waals surface area contributed by atoms with Gasteiger partial charge in [0, 0.05) is 0 Å². The van der Waals surface area contributed by atoms with Crippen molar-refractivity contribution in [1.82, 2.24) is 0 Å². The molecule has 4 nitrogen and oxygen atoms in total. The molecule has 1 aliphatic heterocycles. The zero-order valence-electron chi connectivity index (χ0n) is 21.4. The molecule has 6 aromatic rings. The van der Waals surface area contributed by atoms with Crippen molar-refractivity contribution in [3.8, 4) is 22.3 Å². The molecule has 0 amide bonds. The summed E-state index contributed by atoms with van der Waals surface area (Å²) in [7, 11) is 0. The molecule has 1 fully saturated rings. The second kappa shape index (κ2) is 11.0. The molecule has 0 spiro atoms. The van der Waals surface area contributed by atoms with Crippen LogP contribution in [0.25, 0.3) is 54.6 Å². The van der Waals surface area contributed by atoms with Crippen LogP contribution >= 0.6 is 0 Å². The molecular weight excluding hydrogens is 484 g/mol. The summed E-state index contributed by atoms with van der Waals surface area (Å²) < 4.78 is 4.78. The number of ether oxygens (including phenoxy) is 1. The van der Waals surface area contributed by atoms with Crippen molar-refractivity contribution in [2.24, 2.45) is 0 Å². The summed E-state index contributed by atoms with van der Waals surface area (Å²) in [5, 5.41) is 33.9. The smallest absolute Gasteiger partial charge is 0.110 e. The lowest BCUT2D eigenvalue weighted by Gasteiger charge is -2.17. The number of aliphatic hydroxyl groups is 3. The van der Waals surface area contributed by atoms with E-state index in [1.54, 1.807) is 0 Å². The first-order chi connectivity index (χ1) is 19.2. The van der Waals surface area contributed by atoms with Crippen molar-refractivity contribution in [1.29, 1.82) is 0 Å². The van der Waals surface area contributed by atoms with Crippen LogP contribution in [0.15, 0.2) is 121 Å². The fourth-order valence-corrected chi connectivity index (χ4v) is 5.52. The summed E-state index contributed by atoms with van der Waals surface area (Å²) in [4.78, 5) is 0. The first-order valence-corrected chi connectivity index (χ1v) is 13.2. The van der Waals surface area contributed by atoms with E-state index in [1.165, 1.54) is 54.6 Å². The maximum Gasteiger partial charge on any atom is 0.110 e. The van der Waals surface area contributed by atoms with Crippen molar-refractivity contribution >= 4 is 32.3 Å². The Morgan fingerprint density at radius 2 is 1.05 bits per heavy atom. The molecule has 0 bridgehead atoms. The summed E-state index contributed by atoms with van der Waals surface area (Å²) in [5.74, 6) is 0. The summed E-state index contributed by atoms with van der Waals surface area (Å²) >= 11 is 0. The van der Waals surface area contributed by atoms with Gasteiger partial charge in [0.1, 0.15) is 18.3 Å². The van der Waals surface area contributed by atoms with E-state index in [4.69, 9.17) is 20.1 Å². The van der Waals surface area contributed by atoms with E-state index in [0.717, 1.165) is 0 Å². The van der Waals surface area contributed by atoms with Gasteiger partial charge >= 0.3 is 0 Å². The minimum Gasteiger partial charge on any atom is -0.394 e. The second-order valence-corrected chi connectivity index (χ2v) is 9.87. The SMILES string of the molecule is OC[C@H]1OC[C@H](O)[C@@H]1O.c1ccc2c(-c3ccc4ccccc4c3-c3cccc4ccccc34)cccc2c1. The number of benzene rings is 6. The van der Waals surface area contributed by atoms with Crippen molar-refractivity contribution in [3.05, 3.63) is 121 Å². The van der Waals surface area contributed by atoms with E-state index in [1.807, 2.05) is 0 Å². The van der Waals surface area contributed by atoms with Crippen molar-refractivity contribution < 1.29 is 20.1 Å². The fourth-order valence-electron chi connectivity index (χ4n) is 5.52. The fraction of sp³-hybridized carbons (Fsp3) is 0.143. The molecule has 3 N–H and O–H groups in total. The monoisotopic (exact) mass is 514 g/mol. The second-order valence-electron chi connectivity index (χ2n) is 9.87. The van der Waals surface area contributed by atoms with Crippen LogP contribution in [-0.4, -0.2) is 46.8 Å². The quantitative estimate of drug-likeness (QED) is 0.250. The van der Waals surface area contributed by atoms with Gasteiger partial charge < -0.3 is 20.1 Å². The molecule has 1 saturated heterocycles. The highest BCUT2D eigenvalue weighted by molar-refractivity contribution is 6.13. The largest absolute Gasteiger partial charge is 0.394 e. The zero-order chi connectivity index (χ0) is 26.8. The minimum atomic E-state index is -0.921. The lowest BCUT2D eigenvalue weighted by atomic mass is 9.86. The van der Waals surface area contributed by atoms with Crippen LogP contribution in [0.4, 0.5) is 0 Å². The van der Waals surface area contributed by atoms with Gasteiger partial charge in [0.15, 0.2) is 0 Å². The molecule has 6 aromatic carbocycles. The number of hydrogen-bond donors (Lipinski definition) is 3. The summed E-state index contributed by atoms with van der Waals surface area (Å²) in [6.07, 6.45) is -2.35. The van der Waals surface area contributed by atoms with Gasteiger partial charge in [-0.25, -0.2) is 0 Å². The van der Waals surface area contributed by atoms with Gasteiger partial charge in [-0.2, -0.15) is 0 Å². The highest BCUT2D eigenvalue weighted by Crippen LogP contribution is 2.42. The topological polar surface area (TPSA) is 69.9 Å². The van der Waals surface area contributed by atoms with Gasteiger partial charge in [-0.1, -0.05) is 121 Å². The van der Waals surface area contributed by atoms with E-state index < -0.39 is 18.3 Å². The van der Waals surface area contributed by atoms with Crippen LogP contribution in [0, 0.1) is 0 Å². The summed E-state index contributed by atoms with van der Waals surface area (Å²) in [6, 6.07) is 43.8. The predicted molar refractivity (Wildman–Crippen MR) is 159 cm³/mol. The Labute approximate surface area is 227 Å². The van der Waals surface area contributed by atoms with E-state index >= 15 is 0 Å². The van der Waals surface area contributed by atoms with Crippen molar-refractivity contribution in [3.63, 3.8) is 0 Å². The molecule has 0 aliphatic carbocycles. The molecule has 1 heterocycles. The molecule has 194 valence electrons. The minimum absolute atomic E-state index is 0.117. The average Bonchev–Trinajstić information content (AvgIpc) is 3.33. The standard InChI is InChI=1S/C30H20.C5H10O4/c1-4-14-24-21(9-1)12-7-17-27(24)29-20-19-23-11-3-6-16-26(23)30(29)28-18-8-13-22-10-2-5-15-25(22)28;6-1-4-5(8)3(7)2-9-4/h1-20H;3-8H,1-2H2/t;3-,4+,5-/m.0/s1. The van der Waals surface area contributed by atoms with Gasteiger partial charge in [-0.3, -0.25) is 0 Å². The van der Waals surface area contributed by atoms with Crippen LogP contribution in [0.3, 0.4) is 0 Å². The zero-order valence-corrected chi connectivity index (χ0v) is 21.4. The summed E-state index contributed by atoms with van der Waals surface area (Å²) in [6.45, 7) is -0.120. The van der Waals surface area contributed by atoms with Crippen LogP contribution < -0.4 is 0 Å².